The summed E-state index contributed by atoms with van der Waals surface area (Å²) in [6.45, 7) is 1.68. The topological polar surface area (TPSA) is 80.7 Å². The normalized spacial score (nSPS) is 21.9. The molecule has 7 heteroatoms. The van der Waals surface area contributed by atoms with E-state index in [1.54, 1.807) is 37.2 Å². The summed E-state index contributed by atoms with van der Waals surface area (Å²) in [7, 11) is -4.47. The van der Waals surface area contributed by atoms with Gasteiger partial charge >= 0.3 is 10.4 Å². The highest BCUT2D eigenvalue weighted by molar-refractivity contribution is 8.03. The van der Waals surface area contributed by atoms with Gasteiger partial charge in [-0.3, -0.25) is 4.55 Å². The Morgan fingerprint density at radius 3 is 2.81 bits per heavy atom. The molecule has 0 spiro atoms. The summed E-state index contributed by atoms with van der Waals surface area (Å²) in [6, 6.07) is 0. The van der Waals surface area contributed by atoms with Gasteiger partial charge < -0.3 is 0 Å². The molecule has 0 radical (unpaired) electrons. The van der Waals surface area contributed by atoms with Crippen molar-refractivity contribution in [3.05, 3.63) is 29.9 Å². The van der Waals surface area contributed by atoms with E-state index in [9.17, 15) is 13.2 Å². The Balaban J connectivity index is 2.67. The smallest absolute Gasteiger partial charge is 0.263 e. The largest absolute Gasteiger partial charge is 0.408 e. The van der Waals surface area contributed by atoms with Crippen molar-refractivity contribution in [2.24, 2.45) is 5.92 Å². The lowest BCUT2D eigenvalue weighted by Gasteiger charge is -2.19. The lowest BCUT2D eigenvalue weighted by Crippen LogP contribution is -2.16. The van der Waals surface area contributed by atoms with Crippen LogP contribution in [0, 0.1) is 5.92 Å². The van der Waals surface area contributed by atoms with Crippen molar-refractivity contribution < 1.29 is 21.4 Å². The fraction of sp³-hybridized carbons (Fsp3) is 0.333. The lowest BCUT2D eigenvalue weighted by molar-refractivity contribution is 0.406. The van der Waals surface area contributed by atoms with Gasteiger partial charge in [0.1, 0.15) is 5.94 Å². The van der Waals surface area contributed by atoms with Gasteiger partial charge in [0.2, 0.25) is 0 Å². The quantitative estimate of drug-likeness (QED) is 0.468. The third-order valence-electron chi connectivity index (χ3n) is 1.97. The minimum atomic E-state index is -4.47. The first-order chi connectivity index (χ1) is 7.44. The van der Waals surface area contributed by atoms with Gasteiger partial charge in [-0.05, 0) is 6.08 Å². The van der Waals surface area contributed by atoms with Gasteiger partial charge in [-0.1, -0.05) is 25.2 Å². The van der Waals surface area contributed by atoms with Crippen molar-refractivity contribution in [3.8, 4) is 0 Å². The second-order valence-corrected chi connectivity index (χ2v) is 5.46. The molecule has 0 aromatic rings. The van der Waals surface area contributed by atoms with Gasteiger partial charge in [0, 0.05) is 28.8 Å². The van der Waals surface area contributed by atoms with Gasteiger partial charge in [-0.2, -0.15) is 12.0 Å². The first-order valence-electron chi connectivity index (χ1n) is 4.36. The van der Waals surface area contributed by atoms with Crippen LogP contribution in [0.3, 0.4) is 0 Å². The molecular formula is C9H10O5S2. The Kier molecular flexibility index (Phi) is 4.52. The predicted octanol–water partition coefficient (Wildman–Crippen LogP) is 1.34. The minimum Gasteiger partial charge on any atom is -0.263 e. The molecule has 1 N–H and O–H groups in total. The summed E-state index contributed by atoms with van der Waals surface area (Å²) in [4.78, 5) is 10.6. The van der Waals surface area contributed by atoms with Crippen LogP contribution < -0.4 is 0 Å². The molecular weight excluding hydrogens is 252 g/mol. The van der Waals surface area contributed by atoms with Crippen molar-refractivity contribution in [2.75, 3.05) is 0 Å². The van der Waals surface area contributed by atoms with E-state index in [1.807, 2.05) is 0 Å². The van der Waals surface area contributed by atoms with Crippen LogP contribution in [0.1, 0.15) is 6.92 Å². The summed E-state index contributed by atoms with van der Waals surface area (Å²) in [5, 5.41) is -0.334. The second-order valence-electron chi connectivity index (χ2n) is 3.12. The molecule has 0 aliphatic heterocycles. The van der Waals surface area contributed by atoms with Crippen LogP contribution in [0.4, 0.5) is 0 Å². The highest BCUT2D eigenvalue weighted by Crippen LogP contribution is 2.29. The standard InChI is InChI=1S/C9H10O5S2/c1-7(15-14-16(11,12)13)9-5-3-2-4-8(9)6-10/h2-5,7,9H,1H3,(H,11,12,13). The van der Waals surface area contributed by atoms with E-state index >= 15 is 0 Å². The molecule has 2 unspecified atom stereocenters. The molecule has 0 amide bonds. The summed E-state index contributed by atoms with van der Waals surface area (Å²) in [6.07, 6.45) is 6.78. The van der Waals surface area contributed by atoms with Crippen LogP contribution in [-0.2, 0) is 18.8 Å². The first kappa shape index (κ1) is 13.2. The zero-order chi connectivity index (χ0) is 12.2. The monoisotopic (exact) mass is 262 g/mol. The number of rotatable bonds is 4. The SMILES string of the molecule is CC(SOS(=O)(=O)O)C1C=CC=CC1=C=O. The molecule has 1 aliphatic carbocycles. The van der Waals surface area contributed by atoms with Gasteiger partial charge in [-0.25, -0.2) is 4.79 Å². The zero-order valence-electron chi connectivity index (χ0n) is 8.36. The van der Waals surface area contributed by atoms with Crippen molar-refractivity contribution in [3.63, 3.8) is 0 Å². The molecule has 1 rings (SSSR count). The number of carbonyl (C=O) groups excluding carboxylic acids is 1. The molecule has 88 valence electrons. The fourth-order valence-electron chi connectivity index (χ4n) is 1.24. The highest BCUT2D eigenvalue weighted by Gasteiger charge is 2.23. The van der Waals surface area contributed by atoms with Crippen molar-refractivity contribution in [1.29, 1.82) is 0 Å². The Bertz CT molecular complexity index is 456. The van der Waals surface area contributed by atoms with E-state index in [0.717, 1.165) is 0 Å². The Hall–Kier alpha value is -0.850. The average Bonchev–Trinajstić information content (AvgIpc) is 2.25. The van der Waals surface area contributed by atoms with Gasteiger partial charge in [-0.15, -0.1) is 0 Å². The third-order valence-corrected chi connectivity index (χ3v) is 3.56. The van der Waals surface area contributed by atoms with Crippen molar-refractivity contribution >= 4 is 28.4 Å². The maximum atomic E-state index is 10.6. The Morgan fingerprint density at radius 1 is 1.56 bits per heavy atom. The van der Waals surface area contributed by atoms with Crippen LogP contribution in [0.15, 0.2) is 29.9 Å². The molecule has 0 heterocycles. The van der Waals surface area contributed by atoms with Gasteiger partial charge in [0.05, 0.1) is 0 Å². The molecule has 0 aromatic carbocycles. The molecule has 1 aliphatic rings. The van der Waals surface area contributed by atoms with E-state index < -0.39 is 10.4 Å². The molecule has 16 heavy (non-hydrogen) atoms. The summed E-state index contributed by atoms with van der Waals surface area (Å²) in [5.41, 5.74) is 0.418. The van der Waals surface area contributed by atoms with Crippen molar-refractivity contribution in [2.45, 2.75) is 12.2 Å². The Morgan fingerprint density at radius 2 is 2.25 bits per heavy atom. The number of hydrogen-bond donors (Lipinski definition) is 1. The zero-order valence-corrected chi connectivity index (χ0v) is 9.99. The third kappa shape index (κ3) is 3.96. The van der Waals surface area contributed by atoms with E-state index in [1.165, 1.54) is 0 Å². The van der Waals surface area contributed by atoms with Crippen LogP contribution in [0.5, 0.6) is 0 Å². The Labute approximate surface area is 98.0 Å². The number of hydrogen-bond acceptors (Lipinski definition) is 5. The second kappa shape index (κ2) is 5.47. The molecule has 0 bridgehead atoms. The summed E-state index contributed by atoms with van der Waals surface area (Å²) in [5.74, 6) is 1.50. The van der Waals surface area contributed by atoms with Crippen LogP contribution >= 0.6 is 12.0 Å². The molecule has 0 saturated carbocycles. The maximum Gasteiger partial charge on any atom is 0.408 e. The van der Waals surface area contributed by atoms with Crippen LogP contribution in [0.25, 0.3) is 0 Å². The summed E-state index contributed by atoms with van der Waals surface area (Å²) >= 11 is 0.586. The van der Waals surface area contributed by atoms with Crippen LogP contribution in [-0.4, -0.2) is 24.2 Å². The molecule has 0 aromatic heterocycles. The predicted molar refractivity (Wildman–Crippen MR) is 60.7 cm³/mol. The molecule has 0 saturated heterocycles. The molecule has 2 atom stereocenters. The van der Waals surface area contributed by atoms with Crippen molar-refractivity contribution in [1.82, 2.24) is 0 Å². The highest BCUT2D eigenvalue weighted by atomic mass is 32.3. The fourth-order valence-corrected chi connectivity index (χ4v) is 2.49. The lowest BCUT2D eigenvalue weighted by atomic mass is 9.93. The van der Waals surface area contributed by atoms with Gasteiger partial charge in [0.15, 0.2) is 0 Å². The van der Waals surface area contributed by atoms with E-state index in [0.29, 0.717) is 17.6 Å². The number of allylic oxidation sites excluding steroid dienone is 5. The van der Waals surface area contributed by atoms with Crippen LogP contribution in [0.2, 0.25) is 0 Å². The van der Waals surface area contributed by atoms with Gasteiger partial charge in [0.25, 0.3) is 0 Å². The first-order valence-corrected chi connectivity index (χ1v) is 6.53. The minimum absolute atomic E-state index is 0.283. The van der Waals surface area contributed by atoms with E-state index in [2.05, 4.69) is 3.63 Å². The maximum absolute atomic E-state index is 10.6. The van der Waals surface area contributed by atoms with E-state index in [-0.39, 0.29) is 11.2 Å². The summed E-state index contributed by atoms with van der Waals surface area (Å²) < 4.78 is 33.3. The van der Waals surface area contributed by atoms with E-state index in [4.69, 9.17) is 4.55 Å². The molecule has 5 nitrogen and oxygen atoms in total. The average molecular weight is 262 g/mol. The molecule has 0 fully saturated rings.